The largest absolute Gasteiger partial charge is 0.476 e. The highest BCUT2D eigenvalue weighted by Crippen LogP contribution is 2.27. The van der Waals surface area contributed by atoms with E-state index in [1.165, 1.54) is 4.88 Å². The fraction of sp³-hybridized carbons (Fsp3) is 0.357. The van der Waals surface area contributed by atoms with Crippen LogP contribution in [-0.2, 0) is 0 Å². The Morgan fingerprint density at radius 2 is 2.21 bits per heavy atom. The molecule has 1 atom stereocenters. The quantitative estimate of drug-likeness (QED) is 0.845. The molecular formula is C14H19N3OS. The highest BCUT2D eigenvalue weighted by Gasteiger charge is 2.12. The standard InChI is InChI=1S/C14H19N3OS/c1-3-11(12-6-5-9-19-12)16-13-8-7-10(15)14(17-13)18-4-2/h5-9,11H,3-4,15H2,1-2H3,(H,16,17). The summed E-state index contributed by atoms with van der Waals surface area (Å²) < 4.78 is 5.41. The first-order valence-electron chi connectivity index (χ1n) is 6.43. The van der Waals surface area contributed by atoms with Crippen molar-refractivity contribution in [2.45, 2.75) is 26.3 Å². The number of pyridine rings is 1. The SMILES string of the molecule is CCOc1nc(NC(CC)c2cccs2)ccc1N. The fourth-order valence-electron chi connectivity index (χ4n) is 1.83. The Labute approximate surface area is 117 Å². The van der Waals surface area contributed by atoms with Crippen LogP contribution in [0.3, 0.4) is 0 Å². The molecule has 0 fully saturated rings. The Morgan fingerprint density at radius 1 is 1.37 bits per heavy atom. The second-order valence-electron chi connectivity index (χ2n) is 4.14. The molecule has 0 amide bonds. The molecule has 0 saturated carbocycles. The summed E-state index contributed by atoms with van der Waals surface area (Å²) in [7, 11) is 0. The average Bonchev–Trinajstić information content (AvgIpc) is 2.93. The maximum Gasteiger partial charge on any atom is 0.239 e. The van der Waals surface area contributed by atoms with Gasteiger partial charge in [-0.25, -0.2) is 0 Å². The maximum atomic E-state index is 5.82. The van der Waals surface area contributed by atoms with Gasteiger partial charge in [0.1, 0.15) is 5.82 Å². The molecule has 19 heavy (non-hydrogen) atoms. The van der Waals surface area contributed by atoms with Crippen LogP contribution in [0, 0.1) is 0 Å². The molecule has 2 aromatic rings. The number of hydrogen-bond acceptors (Lipinski definition) is 5. The molecule has 0 aromatic carbocycles. The molecule has 3 N–H and O–H groups in total. The summed E-state index contributed by atoms with van der Waals surface area (Å²) in [6, 6.07) is 8.17. The Hall–Kier alpha value is -1.75. The number of hydrogen-bond donors (Lipinski definition) is 2. The van der Waals surface area contributed by atoms with Gasteiger partial charge in [-0.05, 0) is 36.9 Å². The van der Waals surface area contributed by atoms with Crippen molar-refractivity contribution in [1.82, 2.24) is 4.98 Å². The molecule has 0 aliphatic heterocycles. The van der Waals surface area contributed by atoms with E-state index in [0.717, 1.165) is 12.2 Å². The zero-order valence-corrected chi connectivity index (χ0v) is 12.0. The lowest BCUT2D eigenvalue weighted by Crippen LogP contribution is -2.10. The van der Waals surface area contributed by atoms with E-state index in [1.54, 1.807) is 11.3 Å². The number of ether oxygens (including phenoxy) is 1. The van der Waals surface area contributed by atoms with Crippen LogP contribution in [-0.4, -0.2) is 11.6 Å². The van der Waals surface area contributed by atoms with Gasteiger partial charge in [-0.1, -0.05) is 13.0 Å². The van der Waals surface area contributed by atoms with Crippen LogP contribution in [0.4, 0.5) is 11.5 Å². The lowest BCUT2D eigenvalue weighted by molar-refractivity contribution is 0.329. The van der Waals surface area contributed by atoms with Crippen LogP contribution in [0.15, 0.2) is 29.6 Å². The van der Waals surface area contributed by atoms with Gasteiger partial charge in [0.15, 0.2) is 0 Å². The van der Waals surface area contributed by atoms with Crippen molar-refractivity contribution in [1.29, 1.82) is 0 Å². The van der Waals surface area contributed by atoms with Crippen LogP contribution in [0.2, 0.25) is 0 Å². The van der Waals surface area contributed by atoms with Crippen LogP contribution in [0.5, 0.6) is 5.88 Å². The van der Waals surface area contributed by atoms with Gasteiger partial charge in [-0.15, -0.1) is 11.3 Å². The van der Waals surface area contributed by atoms with Gasteiger partial charge in [0.25, 0.3) is 0 Å². The summed E-state index contributed by atoms with van der Waals surface area (Å²) in [6.45, 7) is 4.63. The molecule has 1 unspecified atom stereocenters. The van der Waals surface area contributed by atoms with Crippen molar-refractivity contribution < 1.29 is 4.74 Å². The minimum absolute atomic E-state index is 0.269. The van der Waals surface area contributed by atoms with Gasteiger partial charge < -0.3 is 15.8 Å². The summed E-state index contributed by atoms with van der Waals surface area (Å²) in [5.74, 6) is 1.28. The molecule has 0 spiro atoms. The second-order valence-corrected chi connectivity index (χ2v) is 5.12. The van der Waals surface area contributed by atoms with E-state index in [2.05, 4.69) is 34.7 Å². The number of aromatic nitrogens is 1. The zero-order valence-electron chi connectivity index (χ0n) is 11.2. The maximum absolute atomic E-state index is 5.82. The van der Waals surface area contributed by atoms with E-state index in [4.69, 9.17) is 10.5 Å². The highest BCUT2D eigenvalue weighted by atomic mass is 32.1. The average molecular weight is 277 g/mol. The van der Waals surface area contributed by atoms with Crippen molar-refractivity contribution in [2.24, 2.45) is 0 Å². The molecule has 0 radical (unpaired) electrons. The molecular weight excluding hydrogens is 258 g/mol. The molecule has 2 heterocycles. The van der Waals surface area contributed by atoms with E-state index >= 15 is 0 Å². The number of nitrogens with zero attached hydrogens (tertiary/aromatic N) is 1. The minimum Gasteiger partial charge on any atom is -0.476 e. The van der Waals surface area contributed by atoms with Gasteiger partial charge in [0.2, 0.25) is 5.88 Å². The number of rotatable bonds is 6. The summed E-state index contributed by atoms with van der Waals surface area (Å²) in [5.41, 5.74) is 6.39. The highest BCUT2D eigenvalue weighted by molar-refractivity contribution is 7.10. The van der Waals surface area contributed by atoms with Crippen molar-refractivity contribution >= 4 is 22.8 Å². The summed E-state index contributed by atoms with van der Waals surface area (Å²) >= 11 is 1.75. The first kappa shape index (κ1) is 13.7. The predicted octanol–water partition coefficient (Wildman–Crippen LogP) is 3.69. The van der Waals surface area contributed by atoms with Crippen LogP contribution in [0.25, 0.3) is 0 Å². The molecule has 4 nitrogen and oxygen atoms in total. The molecule has 0 saturated heterocycles. The van der Waals surface area contributed by atoms with Gasteiger partial charge in [-0.2, -0.15) is 4.98 Å². The Balaban J connectivity index is 2.15. The van der Waals surface area contributed by atoms with Gasteiger partial charge in [0.05, 0.1) is 18.3 Å². The molecule has 2 aromatic heterocycles. The van der Waals surface area contributed by atoms with E-state index in [0.29, 0.717) is 18.2 Å². The van der Waals surface area contributed by atoms with E-state index in [-0.39, 0.29) is 6.04 Å². The third-order valence-corrected chi connectivity index (χ3v) is 3.77. The number of nitrogens with two attached hydrogens (primary N) is 1. The Morgan fingerprint density at radius 3 is 2.84 bits per heavy atom. The minimum atomic E-state index is 0.269. The van der Waals surface area contributed by atoms with Gasteiger partial charge in [0, 0.05) is 4.88 Å². The zero-order chi connectivity index (χ0) is 13.7. The Kier molecular flexibility index (Phi) is 4.63. The first-order valence-corrected chi connectivity index (χ1v) is 7.31. The van der Waals surface area contributed by atoms with Crippen LogP contribution < -0.4 is 15.8 Å². The lowest BCUT2D eigenvalue weighted by atomic mass is 10.2. The van der Waals surface area contributed by atoms with E-state index in [1.807, 2.05) is 19.1 Å². The van der Waals surface area contributed by atoms with Gasteiger partial charge in [-0.3, -0.25) is 0 Å². The summed E-state index contributed by atoms with van der Waals surface area (Å²) in [5, 5.41) is 5.51. The topological polar surface area (TPSA) is 60.2 Å². The van der Waals surface area contributed by atoms with Crippen LogP contribution >= 0.6 is 11.3 Å². The van der Waals surface area contributed by atoms with Crippen molar-refractivity contribution in [3.05, 3.63) is 34.5 Å². The van der Waals surface area contributed by atoms with Crippen molar-refractivity contribution in [2.75, 3.05) is 17.7 Å². The number of nitrogen functional groups attached to an aromatic ring is 1. The van der Waals surface area contributed by atoms with Gasteiger partial charge >= 0.3 is 0 Å². The fourth-order valence-corrected chi connectivity index (χ4v) is 2.69. The number of nitrogens with one attached hydrogen (secondary N) is 1. The third-order valence-electron chi connectivity index (χ3n) is 2.79. The monoisotopic (exact) mass is 277 g/mol. The summed E-state index contributed by atoms with van der Waals surface area (Å²) in [6.07, 6.45) is 0.997. The number of anilines is 2. The normalized spacial score (nSPS) is 12.1. The summed E-state index contributed by atoms with van der Waals surface area (Å²) in [4.78, 5) is 5.71. The smallest absolute Gasteiger partial charge is 0.239 e. The first-order chi connectivity index (χ1) is 9.24. The molecule has 0 bridgehead atoms. The molecule has 0 aliphatic carbocycles. The van der Waals surface area contributed by atoms with E-state index in [9.17, 15) is 0 Å². The van der Waals surface area contributed by atoms with Crippen LogP contribution in [0.1, 0.15) is 31.2 Å². The molecule has 102 valence electrons. The molecule has 2 rings (SSSR count). The third kappa shape index (κ3) is 3.38. The Bertz CT molecular complexity index is 513. The number of thiophene rings is 1. The predicted molar refractivity (Wildman–Crippen MR) is 80.8 cm³/mol. The lowest BCUT2D eigenvalue weighted by Gasteiger charge is -2.17. The van der Waals surface area contributed by atoms with E-state index < -0.39 is 0 Å². The van der Waals surface area contributed by atoms with Crippen molar-refractivity contribution in [3.8, 4) is 5.88 Å². The molecule has 0 aliphatic rings. The van der Waals surface area contributed by atoms with Crippen molar-refractivity contribution in [3.63, 3.8) is 0 Å². The molecule has 5 heteroatoms. The second kappa shape index (κ2) is 6.43.